The van der Waals surface area contributed by atoms with Crippen LogP contribution in [-0.2, 0) is 6.54 Å². The lowest BCUT2D eigenvalue weighted by Gasteiger charge is -2.31. The molecule has 3 rings (SSSR count). The number of hydrogen-bond donors (Lipinski definition) is 2. The van der Waals surface area contributed by atoms with Crippen LogP contribution in [0, 0.1) is 0 Å². The Hall–Kier alpha value is -2.34. The summed E-state index contributed by atoms with van der Waals surface area (Å²) in [5, 5.41) is 10.7. The Morgan fingerprint density at radius 3 is 2.73 bits per heavy atom. The van der Waals surface area contributed by atoms with Gasteiger partial charge < -0.3 is 9.52 Å². The molecule has 1 amide bonds. The molecular formula is C16H19N3O3. The topological polar surface area (TPSA) is 78.6 Å². The second-order valence-corrected chi connectivity index (χ2v) is 5.52. The standard InChI is InChI=1S/C16H19N3O3/c20-16(21)18-15-17-10-14(22-15)11-19-8-6-13(7-9-19)12-4-2-1-3-5-12/h1-5,10,13H,6-9,11H2,(H,17,18)(H,20,21). The van der Waals surface area contributed by atoms with E-state index in [9.17, 15) is 4.79 Å². The minimum atomic E-state index is -1.17. The Bertz CT molecular complexity index is 619. The highest BCUT2D eigenvalue weighted by molar-refractivity contribution is 5.79. The van der Waals surface area contributed by atoms with E-state index in [-0.39, 0.29) is 6.01 Å². The van der Waals surface area contributed by atoms with Gasteiger partial charge in [-0.3, -0.25) is 4.90 Å². The van der Waals surface area contributed by atoms with Crippen molar-refractivity contribution in [2.24, 2.45) is 0 Å². The van der Waals surface area contributed by atoms with Gasteiger partial charge >= 0.3 is 12.1 Å². The second-order valence-electron chi connectivity index (χ2n) is 5.52. The van der Waals surface area contributed by atoms with E-state index in [1.807, 2.05) is 6.07 Å². The molecule has 0 radical (unpaired) electrons. The van der Waals surface area contributed by atoms with Gasteiger partial charge in [-0.05, 0) is 37.4 Å². The van der Waals surface area contributed by atoms with Gasteiger partial charge in [-0.25, -0.2) is 15.1 Å². The number of anilines is 1. The summed E-state index contributed by atoms with van der Waals surface area (Å²) in [5.74, 6) is 1.30. The molecule has 6 nitrogen and oxygen atoms in total. The first kappa shape index (κ1) is 14.6. The minimum Gasteiger partial charge on any atom is -0.465 e. The molecule has 0 saturated carbocycles. The Kier molecular flexibility index (Phi) is 4.39. The van der Waals surface area contributed by atoms with Crippen LogP contribution in [0.3, 0.4) is 0 Å². The lowest BCUT2D eigenvalue weighted by atomic mass is 9.89. The highest BCUT2D eigenvalue weighted by Gasteiger charge is 2.21. The molecule has 1 saturated heterocycles. The summed E-state index contributed by atoms with van der Waals surface area (Å²) in [4.78, 5) is 16.7. The quantitative estimate of drug-likeness (QED) is 0.907. The zero-order valence-electron chi connectivity index (χ0n) is 12.2. The van der Waals surface area contributed by atoms with E-state index in [4.69, 9.17) is 9.52 Å². The molecule has 116 valence electrons. The van der Waals surface area contributed by atoms with Crippen molar-refractivity contribution in [1.29, 1.82) is 0 Å². The van der Waals surface area contributed by atoms with E-state index < -0.39 is 6.09 Å². The lowest BCUT2D eigenvalue weighted by molar-refractivity contribution is 0.191. The molecule has 0 atom stereocenters. The van der Waals surface area contributed by atoms with Gasteiger partial charge in [0, 0.05) is 0 Å². The van der Waals surface area contributed by atoms with E-state index >= 15 is 0 Å². The predicted molar refractivity (Wildman–Crippen MR) is 81.8 cm³/mol. The molecule has 2 aromatic rings. The maximum Gasteiger partial charge on any atom is 0.412 e. The number of nitrogens with zero attached hydrogens (tertiary/aromatic N) is 2. The Balaban J connectivity index is 1.51. The van der Waals surface area contributed by atoms with Crippen molar-refractivity contribution in [3.05, 3.63) is 47.9 Å². The molecule has 22 heavy (non-hydrogen) atoms. The van der Waals surface area contributed by atoms with Crippen molar-refractivity contribution in [2.75, 3.05) is 18.4 Å². The van der Waals surface area contributed by atoms with Crippen molar-refractivity contribution >= 4 is 12.1 Å². The van der Waals surface area contributed by atoms with Crippen LogP contribution < -0.4 is 5.32 Å². The van der Waals surface area contributed by atoms with Gasteiger partial charge in [-0.2, -0.15) is 0 Å². The van der Waals surface area contributed by atoms with E-state index in [0.29, 0.717) is 18.2 Å². The fourth-order valence-electron chi connectivity index (χ4n) is 2.90. The summed E-state index contributed by atoms with van der Waals surface area (Å²) >= 11 is 0. The molecular weight excluding hydrogens is 282 g/mol. The number of oxazole rings is 1. The number of carbonyl (C=O) groups is 1. The number of nitrogens with one attached hydrogen (secondary N) is 1. The largest absolute Gasteiger partial charge is 0.465 e. The van der Waals surface area contributed by atoms with Gasteiger partial charge in [-0.1, -0.05) is 30.3 Å². The number of benzene rings is 1. The molecule has 6 heteroatoms. The Morgan fingerprint density at radius 1 is 1.32 bits per heavy atom. The number of rotatable bonds is 4. The second kappa shape index (κ2) is 6.62. The van der Waals surface area contributed by atoms with Crippen LogP contribution >= 0.6 is 0 Å². The first-order chi connectivity index (χ1) is 10.7. The van der Waals surface area contributed by atoms with Gasteiger partial charge in [0.25, 0.3) is 0 Å². The maximum absolute atomic E-state index is 10.5. The van der Waals surface area contributed by atoms with Gasteiger partial charge in [0.2, 0.25) is 0 Å². The van der Waals surface area contributed by atoms with Crippen molar-refractivity contribution in [3.63, 3.8) is 0 Å². The van der Waals surface area contributed by atoms with Crippen LogP contribution in [0.25, 0.3) is 0 Å². The third-order valence-corrected chi connectivity index (χ3v) is 4.01. The SMILES string of the molecule is O=C(O)Nc1ncc(CN2CCC(c3ccccc3)CC2)o1. The number of piperidine rings is 1. The average Bonchev–Trinajstić information content (AvgIpc) is 2.95. The van der Waals surface area contributed by atoms with Crippen molar-refractivity contribution in [2.45, 2.75) is 25.3 Å². The monoisotopic (exact) mass is 301 g/mol. The van der Waals surface area contributed by atoms with E-state index in [1.54, 1.807) is 6.20 Å². The summed E-state index contributed by atoms with van der Waals surface area (Å²) < 4.78 is 5.36. The van der Waals surface area contributed by atoms with Gasteiger partial charge in [0.15, 0.2) is 0 Å². The molecule has 1 aromatic heterocycles. The lowest BCUT2D eigenvalue weighted by Crippen LogP contribution is -2.32. The van der Waals surface area contributed by atoms with Gasteiger partial charge in [-0.15, -0.1) is 0 Å². The van der Waals surface area contributed by atoms with Crippen LogP contribution in [0.5, 0.6) is 0 Å². The maximum atomic E-state index is 10.5. The molecule has 1 aliphatic heterocycles. The molecule has 0 aliphatic carbocycles. The number of carboxylic acid groups (broad SMARTS) is 1. The summed E-state index contributed by atoms with van der Waals surface area (Å²) in [6.07, 6.45) is 2.66. The van der Waals surface area contributed by atoms with E-state index in [0.717, 1.165) is 25.9 Å². The molecule has 0 spiro atoms. The smallest absolute Gasteiger partial charge is 0.412 e. The third kappa shape index (κ3) is 3.65. The van der Waals surface area contributed by atoms with Crippen LogP contribution in [0.1, 0.15) is 30.1 Å². The highest BCUT2D eigenvalue weighted by Crippen LogP contribution is 2.28. The highest BCUT2D eigenvalue weighted by atomic mass is 16.4. The molecule has 2 heterocycles. The fourth-order valence-corrected chi connectivity index (χ4v) is 2.90. The zero-order chi connectivity index (χ0) is 15.4. The fraction of sp³-hybridized carbons (Fsp3) is 0.375. The first-order valence-corrected chi connectivity index (χ1v) is 7.42. The normalized spacial score (nSPS) is 16.5. The average molecular weight is 301 g/mol. The summed E-state index contributed by atoms with van der Waals surface area (Å²) in [6, 6.07) is 10.6. The van der Waals surface area contributed by atoms with Crippen LogP contribution in [0.2, 0.25) is 0 Å². The third-order valence-electron chi connectivity index (χ3n) is 4.01. The zero-order valence-corrected chi connectivity index (χ0v) is 12.2. The van der Waals surface area contributed by atoms with Crippen molar-refractivity contribution < 1.29 is 14.3 Å². The molecule has 1 fully saturated rings. The summed E-state index contributed by atoms with van der Waals surface area (Å²) in [7, 11) is 0. The summed E-state index contributed by atoms with van der Waals surface area (Å²) in [5.41, 5.74) is 1.41. The van der Waals surface area contributed by atoms with E-state index in [2.05, 4.69) is 39.5 Å². The first-order valence-electron chi connectivity index (χ1n) is 7.42. The number of likely N-dealkylation sites (tertiary alicyclic amines) is 1. The molecule has 1 aromatic carbocycles. The molecule has 1 aliphatic rings. The number of hydrogen-bond acceptors (Lipinski definition) is 4. The molecule has 2 N–H and O–H groups in total. The van der Waals surface area contributed by atoms with Gasteiger partial charge in [0.1, 0.15) is 5.76 Å². The van der Waals surface area contributed by atoms with Crippen molar-refractivity contribution in [3.8, 4) is 0 Å². The number of amides is 1. The molecule has 0 unspecified atom stereocenters. The van der Waals surface area contributed by atoms with Gasteiger partial charge in [0.05, 0.1) is 12.7 Å². The van der Waals surface area contributed by atoms with Crippen LogP contribution in [-0.4, -0.2) is 34.2 Å². The van der Waals surface area contributed by atoms with E-state index in [1.165, 1.54) is 5.56 Å². The Morgan fingerprint density at radius 2 is 2.05 bits per heavy atom. The molecule has 0 bridgehead atoms. The van der Waals surface area contributed by atoms with Crippen LogP contribution in [0.4, 0.5) is 10.8 Å². The number of aromatic nitrogens is 1. The Labute approximate surface area is 128 Å². The predicted octanol–water partition coefficient (Wildman–Crippen LogP) is 3.14. The van der Waals surface area contributed by atoms with Crippen LogP contribution in [0.15, 0.2) is 40.9 Å². The van der Waals surface area contributed by atoms with Crippen molar-refractivity contribution in [1.82, 2.24) is 9.88 Å². The minimum absolute atomic E-state index is 0.0293. The summed E-state index contributed by atoms with van der Waals surface area (Å²) in [6.45, 7) is 2.67.